The Kier molecular flexibility index (Phi) is 5.54. The van der Waals surface area contributed by atoms with Gasteiger partial charge in [0.2, 0.25) is 5.91 Å². The van der Waals surface area contributed by atoms with Crippen molar-refractivity contribution in [1.82, 2.24) is 0 Å². The molecule has 2 fully saturated rings. The molecule has 7 heteroatoms. The minimum atomic E-state index is -0.352. The van der Waals surface area contributed by atoms with Crippen molar-refractivity contribution in [3.8, 4) is 0 Å². The van der Waals surface area contributed by atoms with E-state index in [1.54, 1.807) is 19.1 Å². The fourth-order valence-electron chi connectivity index (χ4n) is 3.67. The normalized spacial score (nSPS) is 26.8. The van der Waals surface area contributed by atoms with Crippen LogP contribution in [-0.2, 0) is 19.1 Å². The number of ether oxygens (including phenoxy) is 1. The van der Waals surface area contributed by atoms with E-state index in [0.717, 1.165) is 9.37 Å². The van der Waals surface area contributed by atoms with Crippen molar-refractivity contribution in [2.24, 2.45) is 5.92 Å². The Balaban J connectivity index is 1.66. The highest BCUT2D eigenvalue weighted by Gasteiger charge is 2.47. The van der Waals surface area contributed by atoms with Crippen LogP contribution in [0, 0.1) is 5.92 Å². The summed E-state index contributed by atoms with van der Waals surface area (Å²) in [7, 11) is 0. The number of carbonyl (C=O) groups excluding carboxylic acids is 3. The molecule has 0 aromatic heterocycles. The van der Waals surface area contributed by atoms with Crippen molar-refractivity contribution in [2.75, 3.05) is 24.6 Å². The molecule has 3 rings (SSSR count). The highest BCUT2D eigenvalue weighted by atomic mass is 79.9. The summed E-state index contributed by atoms with van der Waals surface area (Å²) in [6.07, 6.45) is 1.62. The maximum Gasteiger partial charge on any atom is 0.309 e. The lowest BCUT2D eigenvalue weighted by Gasteiger charge is -2.31. The number of nitrogens with zero attached hydrogens (tertiary/aromatic N) is 1. The highest BCUT2D eigenvalue weighted by molar-refractivity contribution is 9.10. The number of amides is 2. The Bertz CT molecular complexity index is 685. The van der Waals surface area contributed by atoms with Crippen LogP contribution in [0.15, 0.2) is 28.7 Å². The van der Waals surface area contributed by atoms with Gasteiger partial charge in [-0.05, 0) is 25.1 Å². The van der Waals surface area contributed by atoms with Crippen LogP contribution >= 0.6 is 15.9 Å². The van der Waals surface area contributed by atoms with E-state index in [-0.39, 0.29) is 36.2 Å². The number of hydrogen-bond donors (Lipinski definition) is 1. The molecule has 2 heterocycles. The molecule has 1 atom stereocenters. The lowest BCUT2D eigenvalue weighted by molar-refractivity contribution is -0.920. The van der Waals surface area contributed by atoms with E-state index in [2.05, 4.69) is 15.9 Å². The highest BCUT2D eigenvalue weighted by Crippen LogP contribution is 2.25. The number of carbonyl (C=O) groups is 3. The van der Waals surface area contributed by atoms with Gasteiger partial charge in [0.1, 0.15) is 0 Å². The average Bonchev–Trinajstić information content (AvgIpc) is 2.90. The molecule has 0 bridgehead atoms. The van der Waals surface area contributed by atoms with Crippen molar-refractivity contribution in [2.45, 2.75) is 32.2 Å². The maximum atomic E-state index is 12.8. The molecule has 0 aliphatic carbocycles. The molecule has 2 aliphatic rings. The molecule has 6 nitrogen and oxygen atoms in total. The zero-order valence-electron chi connectivity index (χ0n) is 14.2. The van der Waals surface area contributed by atoms with Crippen molar-refractivity contribution in [3.05, 3.63) is 28.7 Å². The molecule has 1 aromatic carbocycles. The number of quaternary nitrogens is 1. The van der Waals surface area contributed by atoms with Gasteiger partial charge in [-0.2, -0.15) is 0 Å². The lowest BCUT2D eigenvalue weighted by atomic mass is 9.95. The van der Waals surface area contributed by atoms with Gasteiger partial charge in [0, 0.05) is 17.3 Å². The van der Waals surface area contributed by atoms with Gasteiger partial charge in [-0.1, -0.05) is 22.0 Å². The van der Waals surface area contributed by atoms with Gasteiger partial charge in [0.15, 0.2) is 6.04 Å². The van der Waals surface area contributed by atoms with E-state index in [4.69, 9.17) is 4.74 Å². The van der Waals surface area contributed by atoms with Gasteiger partial charge in [-0.3, -0.25) is 14.4 Å². The second-order valence-corrected chi connectivity index (χ2v) is 7.40. The topological polar surface area (TPSA) is 68.1 Å². The van der Waals surface area contributed by atoms with Gasteiger partial charge in [0.25, 0.3) is 5.91 Å². The standard InChI is InChI=1S/C18H21BrN2O4/c1-2-25-18(24)12-6-8-20(9-7-12)15-11-16(22)21(17(15)23)14-5-3-4-13(19)10-14/h3-5,10,12,15H,2,6-9,11H2,1H3/p+1. The minimum absolute atomic E-state index is 0.0860. The molecule has 1 aromatic rings. The first-order valence-electron chi connectivity index (χ1n) is 8.64. The Morgan fingerprint density at radius 3 is 2.68 bits per heavy atom. The zero-order chi connectivity index (χ0) is 18.0. The van der Waals surface area contributed by atoms with Gasteiger partial charge in [0.05, 0.1) is 37.7 Å². The van der Waals surface area contributed by atoms with E-state index < -0.39 is 0 Å². The van der Waals surface area contributed by atoms with Crippen LogP contribution in [0.5, 0.6) is 0 Å². The minimum Gasteiger partial charge on any atom is -0.466 e. The molecular weight excluding hydrogens is 388 g/mol. The Labute approximate surface area is 155 Å². The van der Waals surface area contributed by atoms with Gasteiger partial charge in [-0.25, -0.2) is 4.90 Å². The predicted molar refractivity (Wildman–Crippen MR) is 95.1 cm³/mol. The molecule has 25 heavy (non-hydrogen) atoms. The SMILES string of the molecule is CCOC(=O)C1CC[NH+](C2CC(=O)N(c3cccc(Br)c3)C2=O)CC1. The fraction of sp³-hybridized carbons (Fsp3) is 0.500. The number of hydrogen-bond acceptors (Lipinski definition) is 4. The summed E-state index contributed by atoms with van der Waals surface area (Å²) in [6.45, 7) is 3.61. The smallest absolute Gasteiger partial charge is 0.309 e. The number of halogens is 1. The molecular formula is C18H22BrN2O4+. The maximum absolute atomic E-state index is 12.8. The van der Waals surface area contributed by atoms with E-state index >= 15 is 0 Å². The van der Waals surface area contributed by atoms with E-state index in [9.17, 15) is 14.4 Å². The number of imide groups is 1. The molecule has 0 spiro atoms. The zero-order valence-corrected chi connectivity index (χ0v) is 15.8. The molecule has 0 saturated carbocycles. The number of likely N-dealkylation sites (tertiary alicyclic amines) is 1. The monoisotopic (exact) mass is 409 g/mol. The number of rotatable bonds is 4. The van der Waals surface area contributed by atoms with Crippen LogP contribution in [0.25, 0.3) is 0 Å². The van der Waals surface area contributed by atoms with Crippen LogP contribution in [-0.4, -0.2) is 43.5 Å². The quantitative estimate of drug-likeness (QED) is 0.593. The first kappa shape index (κ1) is 18.1. The summed E-state index contributed by atoms with van der Waals surface area (Å²) < 4.78 is 5.91. The number of benzene rings is 1. The summed E-state index contributed by atoms with van der Waals surface area (Å²) in [4.78, 5) is 39.5. The second-order valence-electron chi connectivity index (χ2n) is 6.49. The number of anilines is 1. The third-order valence-electron chi connectivity index (χ3n) is 4.95. The van der Waals surface area contributed by atoms with Crippen molar-refractivity contribution < 1.29 is 24.0 Å². The number of piperidine rings is 1. The molecule has 2 saturated heterocycles. The lowest BCUT2D eigenvalue weighted by Crippen LogP contribution is -3.17. The average molecular weight is 410 g/mol. The third kappa shape index (κ3) is 3.77. The van der Waals surface area contributed by atoms with Crippen LogP contribution in [0.1, 0.15) is 26.2 Å². The summed E-state index contributed by atoms with van der Waals surface area (Å²) >= 11 is 3.38. The Hall–Kier alpha value is -1.73. The van der Waals surface area contributed by atoms with Gasteiger partial charge < -0.3 is 9.64 Å². The Morgan fingerprint density at radius 2 is 2.04 bits per heavy atom. The van der Waals surface area contributed by atoms with Gasteiger partial charge >= 0.3 is 5.97 Å². The van der Waals surface area contributed by atoms with Gasteiger partial charge in [-0.15, -0.1) is 0 Å². The van der Waals surface area contributed by atoms with E-state index in [1.807, 2.05) is 12.1 Å². The van der Waals surface area contributed by atoms with Crippen molar-refractivity contribution in [3.63, 3.8) is 0 Å². The van der Waals surface area contributed by atoms with Crippen molar-refractivity contribution >= 4 is 39.4 Å². The first-order chi connectivity index (χ1) is 12.0. The Morgan fingerprint density at radius 1 is 1.32 bits per heavy atom. The van der Waals surface area contributed by atoms with Crippen LogP contribution in [0.4, 0.5) is 5.69 Å². The molecule has 1 unspecified atom stereocenters. The fourth-order valence-corrected chi connectivity index (χ4v) is 4.06. The first-order valence-corrected chi connectivity index (χ1v) is 9.44. The summed E-state index contributed by atoms with van der Waals surface area (Å²) in [5.74, 6) is -0.538. The van der Waals surface area contributed by atoms with E-state index in [1.165, 1.54) is 4.90 Å². The number of nitrogens with one attached hydrogen (secondary N) is 1. The van der Waals surface area contributed by atoms with E-state index in [0.29, 0.717) is 38.2 Å². The molecule has 2 aliphatic heterocycles. The van der Waals surface area contributed by atoms with Crippen LogP contribution in [0.3, 0.4) is 0 Å². The van der Waals surface area contributed by atoms with Crippen LogP contribution in [0.2, 0.25) is 0 Å². The summed E-state index contributed by atoms with van der Waals surface area (Å²) in [5, 5.41) is 0. The van der Waals surface area contributed by atoms with Crippen LogP contribution < -0.4 is 9.80 Å². The second kappa shape index (κ2) is 7.66. The molecule has 0 radical (unpaired) electrons. The largest absolute Gasteiger partial charge is 0.466 e. The molecule has 1 N–H and O–H groups in total. The molecule has 2 amide bonds. The molecule has 134 valence electrons. The van der Waals surface area contributed by atoms with Crippen molar-refractivity contribution in [1.29, 1.82) is 0 Å². The number of esters is 1. The summed E-state index contributed by atoms with van der Waals surface area (Å²) in [6, 6.07) is 6.86. The predicted octanol–water partition coefficient (Wildman–Crippen LogP) is 0.939. The summed E-state index contributed by atoms with van der Waals surface area (Å²) in [5.41, 5.74) is 0.604. The third-order valence-corrected chi connectivity index (χ3v) is 5.45.